The molecule has 0 heterocycles. The van der Waals surface area contributed by atoms with Gasteiger partial charge in [0.15, 0.2) is 0 Å². The summed E-state index contributed by atoms with van der Waals surface area (Å²) < 4.78 is 10.7. The third-order valence-corrected chi connectivity index (χ3v) is 2.07. The first kappa shape index (κ1) is 16.8. The molecule has 0 saturated heterocycles. The van der Waals surface area contributed by atoms with Gasteiger partial charge in [0, 0.05) is 13.2 Å². The van der Waals surface area contributed by atoms with Crippen molar-refractivity contribution >= 4 is 0 Å². The normalized spacial score (nSPS) is 13.6. The van der Waals surface area contributed by atoms with E-state index in [1.165, 1.54) is 0 Å². The van der Waals surface area contributed by atoms with E-state index in [1.807, 2.05) is 0 Å². The zero-order valence-corrected chi connectivity index (χ0v) is 11.7. The van der Waals surface area contributed by atoms with Gasteiger partial charge >= 0.3 is 0 Å². The highest BCUT2D eigenvalue weighted by Crippen LogP contribution is 1.92. The fourth-order valence-corrected chi connectivity index (χ4v) is 1.25. The Morgan fingerprint density at radius 2 is 1.47 bits per heavy atom. The Kier molecular flexibility index (Phi) is 10.9. The first-order chi connectivity index (χ1) is 8.02. The lowest BCUT2D eigenvalue weighted by atomic mass is 10.2. The fourth-order valence-electron chi connectivity index (χ4n) is 1.25. The number of ether oxygens (including phenoxy) is 2. The molecule has 0 radical (unpaired) electrons. The molecule has 0 fully saturated rings. The van der Waals surface area contributed by atoms with Crippen molar-refractivity contribution in [3.63, 3.8) is 0 Å². The monoisotopic (exact) mass is 247 g/mol. The zero-order valence-electron chi connectivity index (χ0n) is 11.7. The van der Waals surface area contributed by atoms with Crippen molar-refractivity contribution < 1.29 is 14.6 Å². The third kappa shape index (κ3) is 13.8. The van der Waals surface area contributed by atoms with Gasteiger partial charge in [0.25, 0.3) is 0 Å². The lowest BCUT2D eigenvalue weighted by Crippen LogP contribution is -2.32. The molecule has 0 rings (SSSR count). The third-order valence-electron chi connectivity index (χ3n) is 2.07. The summed E-state index contributed by atoms with van der Waals surface area (Å²) >= 11 is 0. The van der Waals surface area contributed by atoms with Gasteiger partial charge in [0.05, 0.1) is 25.9 Å². The molecule has 17 heavy (non-hydrogen) atoms. The molecule has 0 aliphatic rings. The Balaban J connectivity index is 3.19. The summed E-state index contributed by atoms with van der Waals surface area (Å²) in [6.45, 7) is 12.3. The number of hydrogen-bond acceptors (Lipinski definition) is 4. The van der Waals surface area contributed by atoms with Gasteiger partial charge in [-0.25, -0.2) is 0 Å². The van der Waals surface area contributed by atoms with Gasteiger partial charge in [0.2, 0.25) is 0 Å². The molecule has 0 bridgehead atoms. The molecule has 0 saturated carbocycles. The maximum atomic E-state index is 9.58. The van der Waals surface area contributed by atoms with E-state index < -0.39 is 6.10 Å². The summed E-state index contributed by atoms with van der Waals surface area (Å²) in [4.78, 5) is 0. The SMILES string of the molecule is CC(C)CNCC(O)COCCOCC(C)C. The minimum atomic E-state index is -0.432. The Hall–Kier alpha value is -0.160. The minimum absolute atomic E-state index is 0.371. The first-order valence-electron chi connectivity index (χ1n) is 6.56. The average Bonchev–Trinajstić information content (AvgIpc) is 2.22. The second kappa shape index (κ2) is 11.0. The van der Waals surface area contributed by atoms with Crippen LogP contribution in [-0.4, -0.2) is 50.7 Å². The van der Waals surface area contributed by atoms with Crippen molar-refractivity contribution in [1.82, 2.24) is 5.32 Å². The molecule has 1 unspecified atom stereocenters. The Morgan fingerprint density at radius 1 is 0.882 bits per heavy atom. The van der Waals surface area contributed by atoms with Crippen LogP contribution in [0, 0.1) is 11.8 Å². The summed E-state index contributed by atoms with van der Waals surface area (Å²) in [6.07, 6.45) is -0.432. The van der Waals surface area contributed by atoms with Crippen LogP contribution in [0.3, 0.4) is 0 Å². The summed E-state index contributed by atoms with van der Waals surface area (Å²) in [7, 11) is 0. The Bertz CT molecular complexity index is 163. The zero-order chi connectivity index (χ0) is 13.1. The molecule has 1 atom stereocenters. The molecular formula is C13H29NO3. The van der Waals surface area contributed by atoms with Crippen molar-refractivity contribution in [2.75, 3.05) is 39.5 Å². The standard InChI is InChI=1S/C13H29NO3/c1-11(2)7-14-8-13(15)10-17-6-5-16-9-12(3)4/h11-15H,5-10H2,1-4H3. The van der Waals surface area contributed by atoms with E-state index in [0.717, 1.165) is 13.2 Å². The van der Waals surface area contributed by atoms with E-state index in [4.69, 9.17) is 9.47 Å². The average molecular weight is 247 g/mol. The molecule has 0 aliphatic heterocycles. The van der Waals surface area contributed by atoms with Crippen LogP contribution in [-0.2, 0) is 9.47 Å². The molecule has 104 valence electrons. The molecule has 0 aromatic carbocycles. The number of aliphatic hydroxyl groups is 1. The molecule has 4 heteroatoms. The molecular weight excluding hydrogens is 218 g/mol. The van der Waals surface area contributed by atoms with Crippen molar-refractivity contribution in [1.29, 1.82) is 0 Å². The van der Waals surface area contributed by atoms with Crippen LogP contribution < -0.4 is 5.32 Å². The van der Waals surface area contributed by atoms with Gasteiger partial charge in [-0.1, -0.05) is 27.7 Å². The van der Waals surface area contributed by atoms with Gasteiger partial charge in [-0.15, -0.1) is 0 Å². The largest absolute Gasteiger partial charge is 0.389 e. The van der Waals surface area contributed by atoms with Crippen molar-refractivity contribution in [2.24, 2.45) is 11.8 Å². The van der Waals surface area contributed by atoms with Crippen molar-refractivity contribution in [2.45, 2.75) is 33.8 Å². The highest BCUT2D eigenvalue weighted by molar-refractivity contribution is 4.59. The summed E-state index contributed by atoms with van der Waals surface area (Å²) in [5.41, 5.74) is 0. The maximum Gasteiger partial charge on any atom is 0.0897 e. The van der Waals surface area contributed by atoms with Crippen LogP contribution in [0.1, 0.15) is 27.7 Å². The van der Waals surface area contributed by atoms with E-state index in [1.54, 1.807) is 0 Å². The van der Waals surface area contributed by atoms with Crippen LogP contribution >= 0.6 is 0 Å². The van der Waals surface area contributed by atoms with E-state index in [9.17, 15) is 5.11 Å². The second-order valence-corrected chi connectivity index (χ2v) is 5.25. The van der Waals surface area contributed by atoms with E-state index in [-0.39, 0.29) is 0 Å². The lowest BCUT2D eigenvalue weighted by Gasteiger charge is -2.13. The fraction of sp³-hybridized carbons (Fsp3) is 1.00. The predicted molar refractivity (Wildman–Crippen MR) is 70.2 cm³/mol. The molecule has 0 aliphatic carbocycles. The van der Waals surface area contributed by atoms with E-state index in [2.05, 4.69) is 33.0 Å². The second-order valence-electron chi connectivity index (χ2n) is 5.25. The van der Waals surface area contributed by atoms with Crippen LogP contribution in [0.15, 0.2) is 0 Å². The van der Waals surface area contributed by atoms with Gasteiger partial charge < -0.3 is 19.9 Å². The van der Waals surface area contributed by atoms with Crippen molar-refractivity contribution in [3.05, 3.63) is 0 Å². The molecule has 2 N–H and O–H groups in total. The van der Waals surface area contributed by atoms with E-state index >= 15 is 0 Å². The maximum absolute atomic E-state index is 9.58. The highest BCUT2D eigenvalue weighted by atomic mass is 16.5. The van der Waals surface area contributed by atoms with Crippen molar-refractivity contribution in [3.8, 4) is 0 Å². The Labute approximate surface area is 106 Å². The molecule has 0 aromatic rings. The topological polar surface area (TPSA) is 50.7 Å². The number of hydrogen-bond donors (Lipinski definition) is 2. The van der Waals surface area contributed by atoms with Gasteiger partial charge in [-0.05, 0) is 18.4 Å². The predicted octanol–water partition coefficient (Wildman–Crippen LogP) is 1.28. The van der Waals surface area contributed by atoms with Gasteiger partial charge in [0.1, 0.15) is 0 Å². The van der Waals surface area contributed by atoms with Crippen LogP contribution in [0.2, 0.25) is 0 Å². The molecule has 4 nitrogen and oxygen atoms in total. The summed E-state index contributed by atoms with van der Waals surface area (Å²) in [6, 6.07) is 0. The molecule has 0 amide bonds. The van der Waals surface area contributed by atoms with Crippen LogP contribution in [0.5, 0.6) is 0 Å². The summed E-state index contributed by atoms with van der Waals surface area (Å²) in [5.74, 6) is 1.16. The van der Waals surface area contributed by atoms with Crippen LogP contribution in [0.25, 0.3) is 0 Å². The highest BCUT2D eigenvalue weighted by Gasteiger charge is 2.04. The van der Waals surface area contributed by atoms with E-state index in [0.29, 0.717) is 38.2 Å². The smallest absolute Gasteiger partial charge is 0.0897 e. The minimum Gasteiger partial charge on any atom is -0.389 e. The van der Waals surface area contributed by atoms with Gasteiger partial charge in [-0.2, -0.15) is 0 Å². The van der Waals surface area contributed by atoms with Gasteiger partial charge in [-0.3, -0.25) is 0 Å². The first-order valence-corrected chi connectivity index (χ1v) is 6.56. The number of aliphatic hydroxyl groups excluding tert-OH is 1. The molecule has 0 aromatic heterocycles. The van der Waals surface area contributed by atoms with Crippen LogP contribution in [0.4, 0.5) is 0 Å². The lowest BCUT2D eigenvalue weighted by molar-refractivity contribution is -0.000169. The summed E-state index contributed by atoms with van der Waals surface area (Å²) in [5, 5.41) is 12.8. The number of nitrogens with one attached hydrogen (secondary N) is 1. The molecule has 0 spiro atoms. The number of rotatable bonds is 11. The quantitative estimate of drug-likeness (QED) is 0.540. The Morgan fingerprint density at radius 3 is 2.00 bits per heavy atom.